The van der Waals surface area contributed by atoms with Gasteiger partial charge in [0, 0.05) is 25.7 Å². The normalized spacial score (nSPS) is 13.9. The molecule has 576 valence electrons. The third kappa shape index (κ3) is 72.2. The van der Waals surface area contributed by atoms with E-state index >= 15 is 0 Å². The molecule has 0 amide bonds. The molecule has 0 bridgehead atoms. The second-order valence-corrected chi connectivity index (χ2v) is 31.5. The number of carbonyl (C=O) groups is 4. The minimum atomic E-state index is -4.96. The number of aliphatic hydroxyl groups is 1. The molecule has 0 aliphatic rings. The van der Waals surface area contributed by atoms with Crippen LogP contribution in [0.15, 0.2) is 0 Å². The van der Waals surface area contributed by atoms with Gasteiger partial charge in [-0.1, -0.05) is 362 Å². The first-order valence-electron chi connectivity index (χ1n) is 40.6. The summed E-state index contributed by atoms with van der Waals surface area (Å²) in [6, 6.07) is 0. The molecule has 2 unspecified atom stereocenters. The molecule has 0 saturated heterocycles. The number of carbonyl (C=O) groups excluding carboxylic acids is 4. The van der Waals surface area contributed by atoms with Crippen LogP contribution in [0.5, 0.6) is 0 Å². The molecule has 0 radical (unpaired) electrons. The van der Waals surface area contributed by atoms with Crippen molar-refractivity contribution in [2.45, 2.75) is 432 Å². The summed E-state index contributed by atoms with van der Waals surface area (Å²) < 4.78 is 68.5. The second kappa shape index (κ2) is 71.1. The maximum Gasteiger partial charge on any atom is 0.472 e. The quantitative estimate of drug-likeness (QED) is 0.0222. The molecule has 0 aromatic rings. The fraction of sp³-hybridized carbons (Fsp3) is 0.949. The van der Waals surface area contributed by atoms with Crippen LogP contribution in [-0.2, 0) is 65.4 Å². The van der Waals surface area contributed by atoms with E-state index in [2.05, 4.69) is 34.6 Å². The zero-order chi connectivity index (χ0) is 71.2. The Labute approximate surface area is 594 Å². The van der Waals surface area contributed by atoms with Gasteiger partial charge in [-0.15, -0.1) is 0 Å². The van der Waals surface area contributed by atoms with Gasteiger partial charge in [-0.2, -0.15) is 0 Å². The molecular weight excluding hydrogens is 1270 g/mol. The Bertz CT molecular complexity index is 1860. The number of phosphoric acid groups is 2. The Balaban J connectivity index is 5.18. The number of rotatable bonds is 78. The minimum Gasteiger partial charge on any atom is -0.462 e. The largest absolute Gasteiger partial charge is 0.472 e. The number of ether oxygens (including phenoxy) is 4. The van der Waals surface area contributed by atoms with Crippen LogP contribution in [0.4, 0.5) is 0 Å². The van der Waals surface area contributed by atoms with Gasteiger partial charge in [-0.3, -0.25) is 37.3 Å². The molecule has 97 heavy (non-hydrogen) atoms. The Morgan fingerprint density at radius 1 is 0.278 bits per heavy atom. The van der Waals surface area contributed by atoms with Crippen molar-refractivity contribution >= 4 is 39.5 Å². The summed E-state index contributed by atoms with van der Waals surface area (Å²) in [7, 11) is -9.91. The molecule has 0 saturated carbocycles. The van der Waals surface area contributed by atoms with Gasteiger partial charge in [0.25, 0.3) is 0 Å². The van der Waals surface area contributed by atoms with E-state index in [-0.39, 0.29) is 25.7 Å². The summed E-state index contributed by atoms with van der Waals surface area (Å²) in [6.45, 7) is 7.26. The van der Waals surface area contributed by atoms with E-state index in [1.54, 1.807) is 0 Å². The molecule has 0 aromatic carbocycles. The first kappa shape index (κ1) is 95.1. The Hall–Kier alpha value is -1.94. The first-order chi connectivity index (χ1) is 47.0. The number of aliphatic hydroxyl groups excluding tert-OH is 1. The molecular formula is C78H152O17P2. The zero-order valence-corrected chi connectivity index (χ0v) is 65.0. The Morgan fingerprint density at radius 2 is 0.474 bits per heavy atom. The SMILES string of the molecule is CCCCCCCCCCCCCCCCCCCCCC(=O)O[C@H](COC(=O)CCCCCCCCCCCCCCCCCCCC)COP(=O)(O)OC[C@@H](O)COP(=O)(O)OC[C@@H](COC(=O)CCCCCCCCC)OC(=O)CCCCCCCCCCCCC(C)C. The van der Waals surface area contributed by atoms with E-state index in [9.17, 15) is 43.2 Å². The molecule has 17 nitrogen and oxygen atoms in total. The summed E-state index contributed by atoms with van der Waals surface area (Å²) in [4.78, 5) is 72.7. The summed E-state index contributed by atoms with van der Waals surface area (Å²) in [6.07, 6.45) is 61.3. The lowest BCUT2D eigenvalue weighted by Gasteiger charge is -2.21. The van der Waals surface area contributed by atoms with Crippen LogP contribution in [0.2, 0.25) is 0 Å². The summed E-state index contributed by atoms with van der Waals surface area (Å²) >= 11 is 0. The van der Waals surface area contributed by atoms with Crippen LogP contribution in [0, 0.1) is 5.92 Å². The molecule has 19 heteroatoms. The van der Waals surface area contributed by atoms with Crippen LogP contribution in [0.3, 0.4) is 0 Å². The lowest BCUT2D eigenvalue weighted by Crippen LogP contribution is -2.30. The fourth-order valence-electron chi connectivity index (χ4n) is 12.1. The van der Waals surface area contributed by atoms with Crippen LogP contribution >= 0.6 is 15.6 Å². The van der Waals surface area contributed by atoms with Crippen molar-refractivity contribution in [1.82, 2.24) is 0 Å². The number of hydrogen-bond donors (Lipinski definition) is 3. The summed E-state index contributed by atoms with van der Waals surface area (Å²) in [5.41, 5.74) is 0. The van der Waals surface area contributed by atoms with Crippen molar-refractivity contribution in [3.05, 3.63) is 0 Å². The first-order valence-corrected chi connectivity index (χ1v) is 43.6. The standard InChI is InChI=1S/C78H152O17P2/c1-6-9-12-15-18-20-22-24-26-28-30-32-34-36-38-43-48-53-58-63-77(82)95-74(68-89-76(81)62-57-52-47-42-37-35-33-31-29-27-25-23-21-19-16-13-10-7-2)70-93-97(86,87)91-66-72(79)65-90-96(84,85)92-69-73(67-88-75(80)61-56-51-45-17-14-11-8-3)94-78(83)64-59-54-49-44-40-39-41-46-50-55-60-71(4)5/h71-74,79H,6-70H2,1-5H3,(H,84,85)(H,86,87)/t72-,73+,74+/m0/s1. The van der Waals surface area contributed by atoms with Crippen LogP contribution in [0.1, 0.15) is 413 Å². The molecule has 5 atom stereocenters. The minimum absolute atomic E-state index is 0.106. The Kier molecular flexibility index (Phi) is 69.6. The van der Waals surface area contributed by atoms with Gasteiger partial charge in [0.1, 0.15) is 19.3 Å². The molecule has 0 aromatic heterocycles. The zero-order valence-electron chi connectivity index (χ0n) is 63.2. The summed E-state index contributed by atoms with van der Waals surface area (Å²) in [5.74, 6) is -1.36. The lowest BCUT2D eigenvalue weighted by molar-refractivity contribution is -0.161. The van der Waals surface area contributed by atoms with Gasteiger partial charge in [0.15, 0.2) is 12.2 Å². The molecule has 0 aliphatic carbocycles. The number of unbranched alkanes of at least 4 members (excludes halogenated alkanes) is 50. The van der Waals surface area contributed by atoms with Crippen molar-refractivity contribution in [2.24, 2.45) is 5.92 Å². The van der Waals surface area contributed by atoms with Gasteiger partial charge in [-0.25, -0.2) is 9.13 Å². The van der Waals surface area contributed by atoms with E-state index < -0.39 is 97.5 Å². The molecule has 0 rings (SSSR count). The molecule has 0 fully saturated rings. The van der Waals surface area contributed by atoms with Crippen molar-refractivity contribution < 1.29 is 80.2 Å². The molecule has 0 spiro atoms. The van der Waals surface area contributed by atoms with Gasteiger partial charge in [0.2, 0.25) is 0 Å². The van der Waals surface area contributed by atoms with Gasteiger partial charge < -0.3 is 33.8 Å². The highest BCUT2D eigenvalue weighted by atomic mass is 31.2. The number of esters is 4. The highest BCUT2D eigenvalue weighted by molar-refractivity contribution is 7.47. The van der Waals surface area contributed by atoms with Gasteiger partial charge >= 0.3 is 39.5 Å². The topological polar surface area (TPSA) is 237 Å². The van der Waals surface area contributed by atoms with Gasteiger partial charge in [0.05, 0.1) is 26.4 Å². The average molecular weight is 1420 g/mol. The maximum atomic E-state index is 13.1. The van der Waals surface area contributed by atoms with E-state index in [0.29, 0.717) is 25.7 Å². The van der Waals surface area contributed by atoms with Crippen molar-refractivity contribution in [3.8, 4) is 0 Å². The molecule has 0 aliphatic heterocycles. The smallest absolute Gasteiger partial charge is 0.462 e. The highest BCUT2D eigenvalue weighted by Gasteiger charge is 2.30. The number of phosphoric ester groups is 2. The average Bonchev–Trinajstić information content (AvgIpc) is 3.20. The lowest BCUT2D eigenvalue weighted by atomic mass is 10.0. The third-order valence-electron chi connectivity index (χ3n) is 18.3. The van der Waals surface area contributed by atoms with E-state index in [1.165, 1.54) is 225 Å². The molecule has 3 N–H and O–H groups in total. The van der Waals surface area contributed by atoms with Crippen LogP contribution in [0.25, 0.3) is 0 Å². The van der Waals surface area contributed by atoms with E-state index in [0.717, 1.165) is 109 Å². The van der Waals surface area contributed by atoms with Crippen LogP contribution in [-0.4, -0.2) is 96.7 Å². The second-order valence-electron chi connectivity index (χ2n) is 28.6. The predicted molar refractivity (Wildman–Crippen MR) is 395 cm³/mol. The maximum absolute atomic E-state index is 13.1. The third-order valence-corrected chi connectivity index (χ3v) is 20.2. The van der Waals surface area contributed by atoms with E-state index in [4.69, 9.17) is 37.0 Å². The van der Waals surface area contributed by atoms with Crippen molar-refractivity contribution in [1.29, 1.82) is 0 Å². The molecule has 0 heterocycles. The van der Waals surface area contributed by atoms with Crippen LogP contribution < -0.4 is 0 Å². The van der Waals surface area contributed by atoms with E-state index in [1.807, 2.05) is 0 Å². The monoisotopic (exact) mass is 1420 g/mol. The van der Waals surface area contributed by atoms with Crippen molar-refractivity contribution in [3.63, 3.8) is 0 Å². The van der Waals surface area contributed by atoms with Gasteiger partial charge in [-0.05, 0) is 31.6 Å². The summed E-state index contributed by atoms with van der Waals surface area (Å²) in [5, 5.41) is 10.6. The van der Waals surface area contributed by atoms with Crippen molar-refractivity contribution in [2.75, 3.05) is 39.6 Å². The number of hydrogen-bond acceptors (Lipinski definition) is 15. The highest BCUT2D eigenvalue weighted by Crippen LogP contribution is 2.45. The Morgan fingerprint density at radius 3 is 0.701 bits per heavy atom. The predicted octanol–water partition coefficient (Wildman–Crippen LogP) is 23.3. The fourth-order valence-corrected chi connectivity index (χ4v) is 13.6.